The molecule has 1 heterocycles. The molecular weight excluding hydrogens is 200 g/mol. The Hall–Kier alpha value is -1.33. The zero-order valence-corrected chi connectivity index (χ0v) is 8.45. The van der Waals surface area contributed by atoms with Gasteiger partial charge in [0.15, 0.2) is 0 Å². The van der Waals surface area contributed by atoms with Crippen molar-refractivity contribution in [1.82, 2.24) is 4.57 Å². The molecule has 5 heteroatoms. The summed E-state index contributed by atoms with van der Waals surface area (Å²) in [4.78, 5) is 0.149. The largest absolute Gasteiger partial charge is 0.351 e. The minimum absolute atomic E-state index is 0.149. The van der Waals surface area contributed by atoms with Crippen LogP contribution in [0.5, 0.6) is 0 Å². The maximum atomic E-state index is 11.1. The highest BCUT2D eigenvalue weighted by atomic mass is 32.2. The van der Waals surface area contributed by atoms with Crippen molar-refractivity contribution in [2.75, 3.05) is 0 Å². The van der Waals surface area contributed by atoms with E-state index in [1.54, 1.807) is 12.1 Å². The van der Waals surface area contributed by atoms with Crippen molar-refractivity contribution in [3.8, 4) is 0 Å². The molecule has 0 aliphatic rings. The van der Waals surface area contributed by atoms with Gasteiger partial charge in [-0.15, -0.1) is 0 Å². The molecule has 4 nitrogen and oxygen atoms in total. The number of aromatic nitrogens is 1. The Labute approximate surface area is 82.0 Å². The van der Waals surface area contributed by atoms with E-state index in [2.05, 4.69) is 0 Å². The van der Waals surface area contributed by atoms with E-state index in [1.807, 2.05) is 23.9 Å². The first kappa shape index (κ1) is 9.23. The van der Waals surface area contributed by atoms with Gasteiger partial charge in [-0.25, -0.2) is 13.6 Å². The predicted molar refractivity (Wildman–Crippen MR) is 54.3 cm³/mol. The third-order valence-electron chi connectivity index (χ3n) is 2.19. The van der Waals surface area contributed by atoms with Crippen molar-refractivity contribution in [3.05, 3.63) is 30.5 Å². The lowest BCUT2D eigenvalue weighted by Gasteiger charge is -1.99. The quantitative estimate of drug-likeness (QED) is 0.757. The van der Waals surface area contributed by atoms with Crippen LogP contribution in [0.15, 0.2) is 35.4 Å². The third-order valence-corrected chi connectivity index (χ3v) is 3.10. The summed E-state index contributed by atoms with van der Waals surface area (Å²) in [5.41, 5.74) is 0.984. The van der Waals surface area contributed by atoms with E-state index in [0.717, 1.165) is 10.9 Å². The summed E-state index contributed by atoms with van der Waals surface area (Å²) in [6.45, 7) is 0. The van der Waals surface area contributed by atoms with Gasteiger partial charge in [-0.1, -0.05) is 0 Å². The number of hydrogen-bond acceptors (Lipinski definition) is 2. The number of nitrogens with two attached hydrogens (primary N) is 1. The van der Waals surface area contributed by atoms with E-state index in [-0.39, 0.29) is 4.90 Å². The summed E-state index contributed by atoms with van der Waals surface area (Å²) in [5.74, 6) is 0. The van der Waals surface area contributed by atoms with Crippen molar-refractivity contribution in [1.29, 1.82) is 0 Å². The summed E-state index contributed by atoms with van der Waals surface area (Å²) in [7, 11) is -1.69. The molecule has 0 amide bonds. The van der Waals surface area contributed by atoms with Crippen LogP contribution in [0.2, 0.25) is 0 Å². The van der Waals surface area contributed by atoms with Gasteiger partial charge in [-0.2, -0.15) is 0 Å². The smallest absolute Gasteiger partial charge is 0.238 e. The van der Waals surface area contributed by atoms with Crippen molar-refractivity contribution >= 4 is 20.9 Å². The van der Waals surface area contributed by atoms with E-state index in [9.17, 15) is 8.42 Å². The fraction of sp³-hybridized carbons (Fsp3) is 0.111. The maximum absolute atomic E-state index is 11.1. The van der Waals surface area contributed by atoms with Crippen LogP contribution in [-0.4, -0.2) is 13.0 Å². The molecule has 74 valence electrons. The molecular formula is C9H10N2O2S. The average Bonchev–Trinajstić information content (AvgIpc) is 2.46. The Morgan fingerprint density at radius 3 is 2.64 bits per heavy atom. The molecule has 0 bridgehead atoms. The highest BCUT2D eigenvalue weighted by molar-refractivity contribution is 7.89. The van der Waals surface area contributed by atoms with E-state index in [4.69, 9.17) is 5.14 Å². The summed E-state index contributed by atoms with van der Waals surface area (Å²) >= 11 is 0. The zero-order valence-electron chi connectivity index (χ0n) is 7.64. The zero-order chi connectivity index (χ0) is 10.3. The van der Waals surface area contributed by atoms with Crippen molar-refractivity contribution in [2.24, 2.45) is 12.2 Å². The molecule has 0 unspecified atom stereocenters. The summed E-state index contributed by atoms with van der Waals surface area (Å²) in [6.07, 6.45) is 1.87. The van der Waals surface area contributed by atoms with Crippen molar-refractivity contribution in [3.63, 3.8) is 0 Å². The van der Waals surface area contributed by atoms with Gasteiger partial charge in [0.1, 0.15) is 0 Å². The van der Waals surface area contributed by atoms with Crippen LogP contribution in [0.3, 0.4) is 0 Å². The number of nitrogens with zero attached hydrogens (tertiary/aromatic N) is 1. The normalized spacial score (nSPS) is 12.1. The van der Waals surface area contributed by atoms with Crippen LogP contribution in [0.1, 0.15) is 0 Å². The number of benzene rings is 1. The van der Waals surface area contributed by atoms with Gasteiger partial charge in [0.2, 0.25) is 10.0 Å². The van der Waals surface area contributed by atoms with E-state index in [1.165, 1.54) is 6.07 Å². The first-order valence-corrected chi connectivity index (χ1v) is 5.61. The van der Waals surface area contributed by atoms with E-state index in [0.29, 0.717) is 0 Å². The summed E-state index contributed by atoms with van der Waals surface area (Å²) in [6, 6.07) is 6.68. The Bertz CT molecular complexity index is 584. The standard InChI is InChI=1S/C9H10N2O2S/c1-11-5-4-7-6-8(14(10,12)13)2-3-9(7)11/h2-6H,1H3,(H2,10,12,13). The molecule has 2 rings (SSSR count). The molecule has 0 saturated heterocycles. The van der Waals surface area contributed by atoms with Gasteiger partial charge < -0.3 is 4.57 Å². The maximum Gasteiger partial charge on any atom is 0.238 e. The van der Waals surface area contributed by atoms with Crippen LogP contribution >= 0.6 is 0 Å². The Morgan fingerprint density at radius 1 is 1.29 bits per heavy atom. The molecule has 0 saturated carbocycles. The second-order valence-corrected chi connectivity index (χ2v) is 4.75. The van der Waals surface area contributed by atoms with Gasteiger partial charge >= 0.3 is 0 Å². The van der Waals surface area contributed by atoms with Gasteiger partial charge in [-0.3, -0.25) is 0 Å². The number of aryl methyl sites for hydroxylation is 1. The first-order valence-electron chi connectivity index (χ1n) is 4.06. The van der Waals surface area contributed by atoms with Crippen LogP contribution in [-0.2, 0) is 17.1 Å². The third kappa shape index (κ3) is 1.40. The minimum atomic E-state index is -3.59. The van der Waals surface area contributed by atoms with Crippen molar-refractivity contribution < 1.29 is 8.42 Å². The first-order chi connectivity index (χ1) is 6.48. The Kier molecular flexibility index (Phi) is 1.87. The van der Waals surface area contributed by atoms with Crippen LogP contribution in [0, 0.1) is 0 Å². The molecule has 0 aliphatic carbocycles. The Morgan fingerprint density at radius 2 is 2.00 bits per heavy atom. The average molecular weight is 210 g/mol. The highest BCUT2D eigenvalue weighted by Crippen LogP contribution is 2.18. The monoisotopic (exact) mass is 210 g/mol. The fourth-order valence-electron chi connectivity index (χ4n) is 1.44. The molecule has 2 N–H and O–H groups in total. The summed E-state index contributed by atoms with van der Waals surface area (Å²) < 4.78 is 24.0. The molecule has 0 atom stereocenters. The molecule has 14 heavy (non-hydrogen) atoms. The van der Waals surface area contributed by atoms with Gasteiger partial charge in [0, 0.05) is 24.1 Å². The molecule has 0 aliphatic heterocycles. The molecule has 0 radical (unpaired) electrons. The van der Waals surface area contributed by atoms with E-state index >= 15 is 0 Å². The number of sulfonamides is 1. The topological polar surface area (TPSA) is 65.1 Å². The lowest BCUT2D eigenvalue weighted by Crippen LogP contribution is -2.11. The molecule has 0 fully saturated rings. The second kappa shape index (κ2) is 2.83. The van der Waals surface area contributed by atoms with E-state index < -0.39 is 10.0 Å². The molecule has 1 aromatic carbocycles. The minimum Gasteiger partial charge on any atom is -0.351 e. The molecule has 2 aromatic rings. The van der Waals surface area contributed by atoms with Crippen molar-refractivity contribution in [2.45, 2.75) is 4.90 Å². The van der Waals surface area contributed by atoms with Crippen LogP contribution < -0.4 is 5.14 Å². The van der Waals surface area contributed by atoms with Crippen LogP contribution in [0.4, 0.5) is 0 Å². The lowest BCUT2D eigenvalue weighted by atomic mass is 10.2. The number of hydrogen-bond donors (Lipinski definition) is 1. The van der Waals surface area contributed by atoms with Gasteiger partial charge in [0.25, 0.3) is 0 Å². The Balaban J connectivity index is 2.76. The SMILES string of the molecule is Cn1ccc2cc(S(N)(=O)=O)ccc21. The van der Waals surface area contributed by atoms with Crippen LogP contribution in [0.25, 0.3) is 10.9 Å². The van der Waals surface area contributed by atoms with Gasteiger partial charge in [-0.05, 0) is 24.3 Å². The molecule has 1 aromatic heterocycles. The summed E-state index contributed by atoms with van der Waals surface area (Å²) in [5, 5.41) is 5.89. The predicted octanol–water partition coefficient (Wildman–Crippen LogP) is 0.826. The number of primary sulfonamides is 1. The molecule has 0 spiro atoms. The number of fused-ring (bicyclic) bond motifs is 1. The number of rotatable bonds is 1. The van der Waals surface area contributed by atoms with Gasteiger partial charge in [0.05, 0.1) is 4.90 Å². The fourth-order valence-corrected chi connectivity index (χ4v) is 1.99. The lowest BCUT2D eigenvalue weighted by molar-refractivity contribution is 0.598. The second-order valence-electron chi connectivity index (χ2n) is 3.19. The highest BCUT2D eigenvalue weighted by Gasteiger charge is 2.08.